The van der Waals surface area contributed by atoms with Crippen LogP contribution in [0.4, 0.5) is 5.69 Å². The van der Waals surface area contributed by atoms with Gasteiger partial charge in [0.05, 0.1) is 11.0 Å². The zero-order valence-electron chi connectivity index (χ0n) is 15.5. The van der Waals surface area contributed by atoms with E-state index in [0.29, 0.717) is 24.6 Å². The van der Waals surface area contributed by atoms with Crippen LogP contribution in [0, 0.1) is 0 Å². The minimum atomic E-state index is -3.23. The smallest absolute Gasteiger partial charge is 0.224 e. The van der Waals surface area contributed by atoms with E-state index in [2.05, 4.69) is 5.32 Å². The summed E-state index contributed by atoms with van der Waals surface area (Å²) in [5.74, 6) is 0.764. The molecule has 0 aromatic heterocycles. The Labute approximate surface area is 160 Å². The highest BCUT2D eigenvalue weighted by Gasteiger charge is 2.16. The average Bonchev–Trinajstić information content (AvgIpc) is 3.13. The number of carbonyl (C=O) groups is 1. The number of anilines is 1. The minimum absolute atomic E-state index is 0.107. The molecule has 6 heteroatoms. The van der Waals surface area contributed by atoms with Crippen molar-refractivity contribution in [3.63, 3.8) is 0 Å². The Morgan fingerprint density at radius 3 is 2.48 bits per heavy atom. The van der Waals surface area contributed by atoms with Crippen LogP contribution in [0.2, 0.25) is 0 Å². The first kappa shape index (κ1) is 19.4. The SMILES string of the molecule is CS(=O)(=O)c1ccc(NC(=O)CCc2cccc(OC3CCCC3)c2)cc1. The topological polar surface area (TPSA) is 72.5 Å². The average molecular weight is 388 g/mol. The molecule has 27 heavy (non-hydrogen) atoms. The first-order valence-corrected chi connectivity index (χ1v) is 11.1. The molecule has 0 saturated heterocycles. The van der Waals surface area contributed by atoms with Gasteiger partial charge < -0.3 is 10.1 Å². The van der Waals surface area contributed by atoms with Crippen molar-refractivity contribution in [3.05, 3.63) is 54.1 Å². The van der Waals surface area contributed by atoms with Gasteiger partial charge in [0.2, 0.25) is 5.91 Å². The monoisotopic (exact) mass is 387 g/mol. The van der Waals surface area contributed by atoms with Crippen molar-refractivity contribution in [2.75, 3.05) is 11.6 Å². The summed E-state index contributed by atoms with van der Waals surface area (Å²) in [5, 5.41) is 2.80. The summed E-state index contributed by atoms with van der Waals surface area (Å²) in [5.41, 5.74) is 1.65. The molecule has 1 N–H and O–H groups in total. The fraction of sp³-hybridized carbons (Fsp3) is 0.381. The molecule has 2 aromatic rings. The molecule has 1 fully saturated rings. The highest BCUT2D eigenvalue weighted by Crippen LogP contribution is 2.25. The van der Waals surface area contributed by atoms with Crippen LogP contribution in [0.3, 0.4) is 0 Å². The standard InChI is InChI=1S/C21H25NO4S/c1-27(24,25)20-12-10-17(11-13-20)22-21(23)14-9-16-5-4-8-19(15-16)26-18-6-2-3-7-18/h4-5,8,10-13,15,18H,2-3,6-7,9,14H2,1H3,(H,22,23). The maximum atomic E-state index is 12.2. The number of benzene rings is 2. The number of hydrogen-bond acceptors (Lipinski definition) is 4. The minimum Gasteiger partial charge on any atom is -0.490 e. The number of hydrogen-bond donors (Lipinski definition) is 1. The van der Waals surface area contributed by atoms with Crippen molar-refractivity contribution in [1.29, 1.82) is 0 Å². The first-order valence-electron chi connectivity index (χ1n) is 9.26. The van der Waals surface area contributed by atoms with Crippen LogP contribution in [0.5, 0.6) is 5.75 Å². The highest BCUT2D eigenvalue weighted by molar-refractivity contribution is 7.90. The van der Waals surface area contributed by atoms with Crippen molar-refractivity contribution in [3.8, 4) is 5.75 Å². The van der Waals surface area contributed by atoms with Crippen LogP contribution < -0.4 is 10.1 Å². The lowest BCUT2D eigenvalue weighted by molar-refractivity contribution is -0.116. The number of aryl methyl sites for hydroxylation is 1. The molecule has 3 rings (SSSR count). The van der Waals surface area contributed by atoms with Gasteiger partial charge in [0, 0.05) is 18.4 Å². The number of amides is 1. The molecule has 0 atom stereocenters. The van der Waals surface area contributed by atoms with Crippen molar-refractivity contribution >= 4 is 21.4 Å². The number of sulfone groups is 1. The van der Waals surface area contributed by atoms with E-state index in [-0.39, 0.29) is 10.8 Å². The summed E-state index contributed by atoms with van der Waals surface area (Å²) in [7, 11) is -3.23. The van der Waals surface area contributed by atoms with Crippen LogP contribution in [-0.2, 0) is 21.1 Å². The molecule has 1 amide bonds. The third-order valence-electron chi connectivity index (χ3n) is 4.71. The Hall–Kier alpha value is -2.34. The Kier molecular flexibility index (Phi) is 6.16. The lowest BCUT2D eigenvalue weighted by Crippen LogP contribution is -2.13. The lowest BCUT2D eigenvalue weighted by atomic mass is 10.1. The molecule has 5 nitrogen and oxygen atoms in total. The molecule has 0 heterocycles. The van der Waals surface area contributed by atoms with Crippen LogP contribution in [0.15, 0.2) is 53.4 Å². The molecule has 1 aliphatic carbocycles. The van der Waals surface area contributed by atoms with Crippen LogP contribution in [0.1, 0.15) is 37.7 Å². The van der Waals surface area contributed by atoms with Gasteiger partial charge in [-0.15, -0.1) is 0 Å². The van der Waals surface area contributed by atoms with Crippen molar-refractivity contribution in [2.24, 2.45) is 0 Å². The fourth-order valence-corrected chi connectivity index (χ4v) is 3.87. The summed E-state index contributed by atoms with van der Waals surface area (Å²) in [6.45, 7) is 0. The van der Waals surface area contributed by atoms with E-state index in [4.69, 9.17) is 4.74 Å². The molecule has 0 aliphatic heterocycles. The highest BCUT2D eigenvalue weighted by atomic mass is 32.2. The molecule has 1 aliphatic rings. The second kappa shape index (κ2) is 8.57. The van der Waals surface area contributed by atoms with Gasteiger partial charge in [-0.2, -0.15) is 0 Å². The van der Waals surface area contributed by atoms with E-state index in [9.17, 15) is 13.2 Å². The molecule has 0 unspecified atom stereocenters. The normalized spacial score (nSPS) is 14.9. The third-order valence-corrected chi connectivity index (χ3v) is 5.84. The first-order chi connectivity index (χ1) is 12.9. The van der Waals surface area contributed by atoms with E-state index in [1.807, 2.05) is 24.3 Å². The maximum absolute atomic E-state index is 12.2. The Balaban J connectivity index is 1.51. The molecular formula is C21H25NO4S. The maximum Gasteiger partial charge on any atom is 0.224 e. The van der Waals surface area contributed by atoms with Crippen molar-refractivity contribution in [2.45, 2.75) is 49.5 Å². The summed E-state index contributed by atoms with van der Waals surface area (Å²) >= 11 is 0. The van der Waals surface area contributed by atoms with E-state index in [1.54, 1.807) is 12.1 Å². The van der Waals surface area contributed by atoms with Gasteiger partial charge in [0.25, 0.3) is 0 Å². The van der Waals surface area contributed by atoms with Crippen molar-refractivity contribution < 1.29 is 17.9 Å². The number of nitrogens with one attached hydrogen (secondary N) is 1. The predicted octanol–water partition coefficient (Wildman–Crippen LogP) is 3.98. The van der Waals surface area contributed by atoms with Crippen molar-refractivity contribution in [1.82, 2.24) is 0 Å². The zero-order chi connectivity index (χ0) is 19.3. The molecule has 0 radical (unpaired) electrons. The molecule has 0 bridgehead atoms. The van der Waals surface area contributed by atoms with Crippen LogP contribution in [0.25, 0.3) is 0 Å². The Morgan fingerprint density at radius 2 is 1.81 bits per heavy atom. The molecule has 1 saturated carbocycles. The van der Waals surface area contributed by atoms with E-state index >= 15 is 0 Å². The van der Waals surface area contributed by atoms with Gasteiger partial charge in [-0.05, 0) is 74.1 Å². The molecule has 144 valence electrons. The van der Waals surface area contributed by atoms with Gasteiger partial charge in [-0.1, -0.05) is 12.1 Å². The van der Waals surface area contributed by atoms with E-state index in [1.165, 1.54) is 25.0 Å². The quantitative estimate of drug-likeness (QED) is 0.780. The van der Waals surface area contributed by atoms with Crippen LogP contribution >= 0.6 is 0 Å². The summed E-state index contributed by atoms with van der Waals surface area (Å²) in [4.78, 5) is 12.4. The van der Waals surface area contributed by atoms with E-state index < -0.39 is 9.84 Å². The van der Waals surface area contributed by atoms with Gasteiger partial charge in [0.1, 0.15) is 5.75 Å². The lowest BCUT2D eigenvalue weighted by Gasteiger charge is -2.14. The van der Waals surface area contributed by atoms with Gasteiger partial charge in [-0.3, -0.25) is 4.79 Å². The predicted molar refractivity (Wildman–Crippen MR) is 106 cm³/mol. The summed E-state index contributed by atoms with van der Waals surface area (Å²) in [6.07, 6.45) is 7.14. The van der Waals surface area contributed by atoms with Crippen LogP contribution in [-0.4, -0.2) is 26.7 Å². The fourth-order valence-electron chi connectivity index (χ4n) is 3.24. The second-order valence-electron chi connectivity index (χ2n) is 7.02. The Morgan fingerprint density at radius 1 is 1.11 bits per heavy atom. The number of rotatable bonds is 7. The van der Waals surface area contributed by atoms with Gasteiger partial charge in [-0.25, -0.2) is 8.42 Å². The summed E-state index contributed by atoms with van der Waals surface area (Å²) < 4.78 is 28.9. The third kappa shape index (κ3) is 5.82. The molecular weight excluding hydrogens is 362 g/mol. The summed E-state index contributed by atoms with van der Waals surface area (Å²) in [6, 6.07) is 14.1. The number of carbonyl (C=O) groups excluding carboxylic acids is 1. The largest absolute Gasteiger partial charge is 0.490 e. The Bertz CT molecular complexity index is 885. The number of ether oxygens (including phenoxy) is 1. The zero-order valence-corrected chi connectivity index (χ0v) is 16.3. The van der Waals surface area contributed by atoms with E-state index in [0.717, 1.165) is 30.4 Å². The molecule has 2 aromatic carbocycles. The van der Waals surface area contributed by atoms with Gasteiger partial charge >= 0.3 is 0 Å². The second-order valence-corrected chi connectivity index (χ2v) is 9.03. The molecule has 0 spiro atoms. The van der Waals surface area contributed by atoms with Gasteiger partial charge in [0.15, 0.2) is 9.84 Å².